The van der Waals surface area contributed by atoms with E-state index in [0.717, 1.165) is 19.1 Å². The Kier molecular flexibility index (Phi) is 2.03. The summed E-state index contributed by atoms with van der Waals surface area (Å²) in [5.74, 6) is -0.169. The van der Waals surface area contributed by atoms with Crippen molar-refractivity contribution in [1.82, 2.24) is 0 Å². The molecule has 54 valence electrons. The third-order valence-corrected chi connectivity index (χ3v) is 2.10. The molecule has 0 aromatic carbocycles. The van der Waals surface area contributed by atoms with Crippen LogP contribution in [0.15, 0.2) is 0 Å². The number of hydrogen-bond acceptors (Lipinski definition) is 3. The van der Waals surface area contributed by atoms with Gasteiger partial charge in [0.05, 0.1) is 6.07 Å². The van der Waals surface area contributed by atoms with E-state index < -0.39 is 6.10 Å². The molecule has 0 amide bonds. The van der Waals surface area contributed by atoms with Crippen LogP contribution in [0.3, 0.4) is 0 Å². The average Bonchev–Trinajstić information content (AvgIpc) is 1.86. The SMILES string of the molecule is N#CC(O)C1CCC1C=O. The van der Waals surface area contributed by atoms with Crippen molar-refractivity contribution in [3.05, 3.63) is 0 Å². The minimum Gasteiger partial charge on any atom is -0.378 e. The van der Waals surface area contributed by atoms with Crippen LogP contribution in [0, 0.1) is 23.2 Å². The predicted octanol–water partition coefficient (Wildman–Crippen LogP) is 0.0960. The highest BCUT2D eigenvalue weighted by Gasteiger charge is 2.35. The number of rotatable bonds is 2. The number of aliphatic hydroxyl groups is 1. The molecule has 3 unspecified atom stereocenters. The summed E-state index contributed by atoms with van der Waals surface area (Å²) in [6.45, 7) is 0. The van der Waals surface area contributed by atoms with Crippen molar-refractivity contribution in [3.63, 3.8) is 0 Å². The van der Waals surface area contributed by atoms with Gasteiger partial charge in [-0.05, 0) is 12.8 Å². The van der Waals surface area contributed by atoms with Gasteiger partial charge in [-0.25, -0.2) is 0 Å². The van der Waals surface area contributed by atoms with Crippen LogP contribution >= 0.6 is 0 Å². The number of nitriles is 1. The summed E-state index contributed by atoms with van der Waals surface area (Å²) in [5, 5.41) is 17.2. The topological polar surface area (TPSA) is 61.1 Å². The second-order valence-electron chi connectivity index (χ2n) is 2.62. The number of carbonyl (C=O) groups excluding carboxylic acids is 1. The predicted molar refractivity (Wildman–Crippen MR) is 33.9 cm³/mol. The highest BCUT2D eigenvalue weighted by Crippen LogP contribution is 2.34. The van der Waals surface area contributed by atoms with Crippen LogP contribution in [-0.4, -0.2) is 17.5 Å². The second kappa shape index (κ2) is 2.80. The maximum Gasteiger partial charge on any atom is 0.143 e. The second-order valence-corrected chi connectivity index (χ2v) is 2.62. The summed E-state index contributed by atoms with van der Waals surface area (Å²) in [5.41, 5.74) is 0. The van der Waals surface area contributed by atoms with Crippen molar-refractivity contribution in [2.24, 2.45) is 11.8 Å². The molecule has 0 heterocycles. The summed E-state index contributed by atoms with van der Waals surface area (Å²) in [6, 6.07) is 1.73. The van der Waals surface area contributed by atoms with Gasteiger partial charge >= 0.3 is 0 Å². The van der Waals surface area contributed by atoms with Gasteiger partial charge in [-0.2, -0.15) is 5.26 Å². The Labute approximate surface area is 59.3 Å². The van der Waals surface area contributed by atoms with E-state index >= 15 is 0 Å². The van der Waals surface area contributed by atoms with Gasteiger partial charge in [0.2, 0.25) is 0 Å². The first-order valence-corrected chi connectivity index (χ1v) is 3.32. The van der Waals surface area contributed by atoms with Gasteiger partial charge in [0.1, 0.15) is 12.4 Å². The minimum absolute atomic E-state index is 0.0744. The van der Waals surface area contributed by atoms with Crippen molar-refractivity contribution in [1.29, 1.82) is 5.26 Å². The van der Waals surface area contributed by atoms with Crippen molar-refractivity contribution >= 4 is 6.29 Å². The smallest absolute Gasteiger partial charge is 0.143 e. The van der Waals surface area contributed by atoms with E-state index in [9.17, 15) is 4.79 Å². The molecule has 0 aliphatic heterocycles. The molecule has 3 atom stereocenters. The lowest BCUT2D eigenvalue weighted by molar-refractivity contribution is -0.117. The molecule has 0 aromatic rings. The maximum atomic E-state index is 10.2. The van der Waals surface area contributed by atoms with Crippen molar-refractivity contribution in [2.45, 2.75) is 18.9 Å². The molecular weight excluding hydrogens is 130 g/mol. The molecule has 0 spiro atoms. The third-order valence-electron chi connectivity index (χ3n) is 2.10. The van der Waals surface area contributed by atoms with Gasteiger partial charge in [-0.3, -0.25) is 0 Å². The Hall–Kier alpha value is -0.880. The van der Waals surface area contributed by atoms with Crippen molar-refractivity contribution < 1.29 is 9.90 Å². The Balaban J connectivity index is 2.44. The van der Waals surface area contributed by atoms with E-state index in [2.05, 4.69) is 0 Å². The minimum atomic E-state index is -0.941. The molecule has 0 radical (unpaired) electrons. The molecule has 0 saturated heterocycles. The van der Waals surface area contributed by atoms with E-state index in [1.807, 2.05) is 0 Å². The molecule has 1 aliphatic carbocycles. The zero-order valence-electron chi connectivity index (χ0n) is 5.53. The first-order chi connectivity index (χ1) is 4.79. The number of aliphatic hydroxyl groups excluding tert-OH is 1. The van der Waals surface area contributed by atoms with Crippen LogP contribution < -0.4 is 0 Å². The number of carbonyl (C=O) groups is 1. The molecule has 1 saturated carbocycles. The molecule has 1 fully saturated rings. The Morgan fingerprint density at radius 3 is 2.70 bits per heavy atom. The van der Waals surface area contributed by atoms with Gasteiger partial charge in [0.15, 0.2) is 0 Å². The first-order valence-electron chi connectivity index (χ1n) is 3.32. The van der Waals surface area contributed by atoms with Crippen LogP contribution in [0.5, 0.6) is 0 Å². The van der Waals surface area contributed by atoms with Crippen molar-refractivity contribution in [3.8, 4) is 6.07 Å². The molecular formula is C7H9NO2. The molecule has 3 nitrogen and oxygen atoms in total. The zero-order chi connectivity index (χ0) is 7.56. The molecule has 10 heavy (non-hydrogen) atoms. The van der Waals surface area contributed by atoms with Gasteiger partial charge in [0.25, 0.3) is 0 Å². The lowest BCUT2D eigenvalue weighted by Crippen LogP contribution is -2.35. The normalized spacial score (nSPS) is 33.6. The zero-order valence-corrected chi connectivity index (χ0v) is 5.53. The monoisotopic (exact) mass is 139 g/mol. The molecule has 0 bridgehead atoms. The maximum absolute atomic E-state index is 10.2. The largest absolute Gasteiger partial charge is 0.378 e. The van der Waals surface area contributed by atoms with Crippen LogP contribution in [0.25, 0.3) is 0 Å². The lowest BCUT2D eigenvalue weighted by atomic mass is 9.72. The van der Waals surface area contributed by atoms with E-state index in [-0.39, 0.29) is 11.8 Å². The summed E-state index contributed by atoms with van der Waals surface area (Å²) in [6.07, 6.45) is 1.52. The summed E-state index contributed by atoms with van der Waals surface area (Å²) in [7, 11) is 0. The quantitative estimate of drug-likeness (QED) is 0.436. The summed E-state index contributed by atoms with van der Waals surface area (Å²) in [4.78, 5) is 10.2. The highest BCUT2D eigenvalue weighted by molar-refractivity contribution is 5.55. The summed E-state index contributed by atoms with van der Waals surface area (Å²) >= 11 is 0. The fourth-order valence-corrected chi connectivity index (χ4v) is 1.21. The standard InChI is InChI=1S/C7H9NO2/c8-3-7(10)6-2-1-5(6)4-9/h4-7,10H,1-2H2. The van der Waals surface area contributed by atoms with E-state index in [4.69, 9.17) is 10.4 Å². The molecule has 1 aliphatic rings. The Morgan fingerprint density at radius 2 is 2.40 bits per heavy atom. The van der Waals surface area contributed by atoms with Crippen LogP contribution in [0.4, 0.5) is 0 Å². The first kappa shape index (κ1) is 7.23. The number of nitrogens with zero attached hydrogens (tertiary/aromatic N) is 1. The van der Waals surface area contributed by atoms with Crippen LogP contribution in [0.1, 0.15) is 12.8 Å². The average molecular weight is 139 g/mol. The Morgan fingerprint density at radius 1 is 1.70 bits per heavy atom. The van der Waals surface area contributed by atoms with E-state index in [1.54, 1.807) is 6.07 Å². The molecule has 0 aromatic heterocycles. The third kappa shape index (κ3) is 1.03. The fraction of sp³-hybridized carbons (Fsp3) is 0.714. The summed E-state index contributed by atoms with van der Waals surface area (Å²) < 4.78 is 0. The van der Waals surface area contributed by atoms with Crippen LogP contribution in [-0.2, 0) is 4.79 Å². The Bertz CT molecular complexity index is 173. The van der Waals surface area contributed by atoms with Gasteiger partial charge in [-0.15, -0.1) is 0 Å². The van der Waals surface area contributed by atoms with Crippen molar-refractivity contribution in [2.75, 3.05) is 0 Å². The van der Waals surface area contributed by atoms with Gasteiger partial charge in [-0.1, -0.05) is 0 Å². The molecule has 1 N–H and O–H groups in total. The highest BCUT2D eigenvalue weighted by atomic mass is 16.3. The van der Waals surface area contributed by atoms with E-state index in [1.165, 1.54) is 0 Å². The van der Waals surface area contributed by atoms with Gasteiger partial charge in [0, 0.05) is 11.8 Å². The number of hydrogen-bond donors (Lipinski definition) is 1. The van der Waals surface area contributed by atoms with Gasteiger partial charge < -0.3 is 9.90 Å². The number of aldehydes is 1. The fourth-order valence-electron chi connectivity index (χ4n) is 1.21. The van der Waals surface area contributed by atoms with E-state index in [0.29, 0.717) is 0 Å². The lowest BCUT2D eigenvalue weighted by Gasteiger charge is -2.33. The molecule has 1 rings (SSSR count). The molecule has 3 heteroatoms. The van der Waals surface area contributed by atoms with Crippen LogP contribution in [0.2, 0.25) is 0 Å².